The molecule has 1 heterocycles. The summed E-state index contributed by atoms with van der Waals surface area (Å²) in [6, 6.07) is 5.02. The Hall–Kier alpha value is -1.93. The standard InChI is InChI=1S/C14H17NO6S/c1-21-14(18)11-6-4-10(5-7-11)9-22(19,20)15-8-2-3-12(15)13(16)17/h4-7,12H,2-3,8-9H2,1H3,(H,16,17)/t12-/m0/s1. The van der Waals surface area contributed by atoms with E-state index in [1.54, 1.807) is 0 Å². The van der Waals surface area contributed by atoms with Crippen LogP contribution in [0.3, 0.4) is 0 Å². The molecule has 0 saturated carbocycles. The van der Waals surface area contributed by atoms with E-state index in [1.165, 1.54) is 31.4 Å². The van der Waals surface area contributed by atoms with Crippen molar-refractivity contribution in [3.05, 3.63) is 35.4 Å². The summed E-state index contributed by atoms with van der Waals surface area (Å²) in [5.74, 6) is -1.92. The summed E-state index contributed by atoms with van der Waals surface area (Å²) < 4.78 is 30.3. The number of ether oxygens (including phenoxy) is 1. The van der Waals surface area contributed by atoms with Gasteiger partial charge in [0, 0.05) is 6.54 Å². The van der Waals surface area contributed by atoms with Crippen LogP contribution in [0.25, 0.3) is 0 Å². The fourth-order valence-electron chi connectivity index (χ4n) is 2.47. The lowest BCUT2D eigenvalue weighted by Gasteiger charge is -2.20. The van der Waals surface area contributed by atoms with Gasteiger partial charge in [0.05, 0.1) is 18.4 Å². The van der Waals surface area contributed by atoms with Gasteiger partial charge < -0.3 is 9.84 Å². The van der Waals surface area contributed by atoms with Crippen LogP contribution >= 0.6 is 0 Å². The molecule has 0 amide bonds. The Kier molecular flexibility index (Phi) is 4.82. The van der Waals surface area contributed by atoms with Crippen molar-refractivity contribution in [1.29, 1.82) is 0 Å². The Bertz CT molecular complexity index is 667. The van der Waals surface area contributed by atoms with Gasteiger partial charge in [0.2, 0.25) is 10.0 Å². The first-order valence-corrected chi connectivity index (χ1v) is 8.35. The van der Waals surface area contributed by atoms with Crippen molar-refractivity contribution >= 4 is 22.0 Å². The van der Waals surface area contributed by atoms with Crippen LogP contribution in [0, 0.1) is 0 Å². The third-order valence-corrected chi connectivity index (χ3v) is 5.42. The number of sulfonamides is 1. The summed E-state index contributed by atoms with van der Waals surface area (Å²) in [5.41, 5.74) is 0.817. The van der Waals surface area contributed by atoms with Gasteiger partial charge in [-0.05, 0) is 30.5 Å². The third-order valence-electron chi connectivity index (χ3n) is 3.57. The first-order chi connectivity index (χ1) is 10.3. The van der Waals surface area contributed by atoms with Crippen molar-refractivity contribution in [3.63, 3.8) is 0 Å². The number of hydrogen-bond donors (Lipinski definition) is 1. The number of esters is 1. The zero-order valence-electron chi connectivity index (χ0n) is 12.1. The molecule has 1 N–H and O–H groups in total. The topological polar surface area (TPSA) is 101 Å². The number of carboxylic acid groups (broad SMARTS) is 1. The minimum atomic E-state index is -3.71. The zero-order chi connectivity index (χ0) is 16.3. The summed E-state index contributed by atoms with van der Waals surface area (Å²) in [7, 11) is -2.45. The van der Waals surface area contributed by atoms with Crippen LogP contribution in [-0.2, 0) is 25.3 Å². The molecule has 1 aliphatic heterocycles. The molecular weight excluding hydrogens is 310 g/mol. The third kappa shape index (κ3) is 3.45. The molecular formula is C14H17NO6S. The number of carboxylic acids is 1. The average Bonchev–Trinajstić information content (AvgIpc) is 2.97. The Labute approximate surface area is 128 Å². The maximum Gasteiger partial charge on any atom is 0.337 e. The van der Waals surface area contributed by atoms with E-state index in [2.05, 4.69) is 4.74 Å². The molecule has 8 heteroatoms. The fraction of sp³-hybridized carbons (Fsp3) is 0.429. The van der Waals surface area contributed by atoms with E-state index in [0.29, 0.717) is 24.0 Å². The molecule has 120 valence electrons. The van der Waals surface area contributed by atoms with Crippen molar-refractivity contribution in [3.8, 4) is 0 Å². The van der Waals surface area contributed by atoms with Gasteiger partial charge in [0.15, 0.2) is 0 Å². The number of rotatable bonds is 5. The minimum absolute atomic E-state index is 0.222. The van der Waals surface area contributed by atoms with Crippen molar-refractivity contribution in [2.75, 3.05) is 13.7 Å². The molecule has 0 spiro atoms. The molecule has 1 saturated heterocycles. The van der Waals surface area contributed by atoms with Crippen molar-refractivity contribution in [1.82, 2.24) is 4.31 Å². The van der Waals surface area contributed by atoms with E-state index in [9.17, 15) is 18.0 Å². The lowest BCUT2D eigenvalue weighted by molar-refractivity contribution is -0.140. The molecule has 2 rings (SSSR count). The summed E-state index contributed by atoms with van der Waals surface area (Å²) >= 11 is 0. The number of aliphatic carboxylic acids is 1. The van der Waals surface area contributed by atoms with Gasteiger partial charge in [0.1, 0.15) is 6.04 Å². The van der Waals surface area contributed by atoms with Gasteiger partial charge in [-0.25, -0.2) is 13.2 Å². The first-order valence-electron chi connectivity index (χ1n) is 6.75. The molecule has 0 radical (unpaired) electrons. The van der Waals surface area contributed by atoms with E-state index < -0.39 is 28.0 Å². The van der Waals surface area contributed by atoms with Crippen molar-refractivity contribution in [2.45, 2.75) is 24.6 Å². The average molecular weight is 327 g/mol. The van der Waals surface area contributed by atoms with Gasteiger partial charge in [-0.15, -0.1) is 0 Å². The summed E-state index contributed by atoms with van der Waals surface area (Å²) in [4.78, 5) is 22.4. The first kappa shape index (κ1) is 16.4. The van der Waals surface area contributed by atoms with Crippen LogP contribution in [-0.4, -0.2) is 49.5 Å². The largest absolute Gasteiger partial charge is 0.480 e. The van der Waals surface area contributed by atoms with Crippen molar-refractivity contribution < 1.29 is 27.9 Å². The van der Waals surface area contributed by atoms with Gasteiger partial charge in [-0.3, -0.25) is 4.79 Å². The Morgan fingerprint density at radius 1 is 1.32 bits per heavy atom. The van der Waals surface area contributed by atoms with Crippen molar-refractivity contribution in [2.24, 2.45) is 0 Å². The van der Waals surface area contributed by atoms with Crippen LogP contribution in [0.4, 0.5) is 0 Å². The van der Waals surface area contributed by atoms with E-state index in [0.717, 1.165) is 4.31 Å². The molecule has 1 aromatic rings. The molecule has 1 fully saturated rings. The fourth-order valence-corrected chi connectivity index (χ4v) is 4.24. The SMILES string of the molecule is COC(=O)c1ccc(CS(=O)(=O)N2CCC[C@H]2C(=O)O)cc1. The van der Waals surface area contributed by atoms with Gasteiger partial charge in [-0.2, -0.15) is 4.31 Å². The predicted octanol–water partition coefficient (Wildman–Crippen LogP) is 0.852. The maximum atomic E-state index is 12.4. The highest BCUT2D eigenvalue weighted by atomic mass is 32.2. The number of benzene rings is 1. The molecule has 0 aliphatic carbocycles. The van der Waals surface area contributed by atoms with Crippen LogP contribution in [0.5, 0.6) is 0 Å². The predicted molar refractivity (Wildman–Crippen MR) is 77.8 cm³/mol. The molecule has 1 atom stereocenters. The zero-order valence-corrected chi connectivity index (χ0v) is 12.9. The van der Waals surface area contributed by atoms with E-state index >= 15 is 0 Å². The maximum absolute atomic E-state index is 12.4. The molecule has 0 unspecified atom stereocenters. The Balaban J connectivity index is 2.15. The summed E-state index contributed by atoms with van der Waals surface area (Å²) in [5, 5.41) is 9.08. The lowest BCUT2D eigenvalue weighted by Crippen LogP contribution is -2.40. The number of carbonyl (C=O) groups excluding carboxylic acids is 1. The van der Waals surface area contributed by atoms with Crippen LogP contribution in [0.2, 0.25) is 0 Å². The normalized spacial score (nSPS) is 19.0. The number of methoxy groups -OCH3 is 1. The van der Waals surface area contributed by atoms with Gasteiger partial charge in [0.25, 0.3) is 0 Å². The Morgan fingerprint density at radius 2 is 1.95 bits per heavy atom. The highest BCUT2D eigenvalue weighted by Crippen LogP contribution is 2.23. The summed E-state index contributed by atoms with van der Waals surface area (Å²) in [6.07, 6.45) is 0.868. The monoisotopic (exact) mass is 327 g/mol. The van der Waals surface area contributed by atoms with Gasteiger partial charge >= 0.3 is 11.9 Å². The smallest absolute Gasteiger partial charge is 0.337 e. The lowest BCUT2D eigenvalue weighted by atomic mass is 10.1. The second-order valence-electron chi connectivity index (χ2n) is 5.05. The van der Waals surface area contributed by atoms with E-state index in [-0.39, 0.29) is 12.3 Å². The van der Waals surface area contributed by atoms with Crippen LogP contribution in [0.15, 0.2) is 24.3 Å². The van der Waals surface area contributed by atoms with Gasteiger partial charge in [-0.1, -0.05) is 12.1 Å². The second-order valence-corrected chi connectivity index (χ2v) is 6.97. The minimum Gasteiger partial charge on any atom is -0.480 e. The summed E-state index contributed by atoms with van der Waals surface area (Å²) in [6.45, 7) is 0.222. The molecule has 1 aliphatic rings. The van der Waals surface area contributed by atoms with Crippen LogP contribution < -0.4 is 0 Å². The Morgan fingerprint density at radius 3 is 2.50 bits per heavy atom. The van der Waals surface area contributed by atoms with E-state index in [1.807, 2.05) is 0 Å². The molecule has 22 heavy (non-hydrogen) atoms. The number of nitrogens with zero attached hydrogens (tertiary/aromatic N) is 1. The molecule has 0 bridgehead atoms. The molecule has 1 aromatic carbocycles. The highest BCUT2D eigenvalue weighted by molar-refractivity contribution is 7.88. The molecule has 7 nitrogen and oxygen atoms in total. The van der Waals surface area contributed by atoms with Crippen LogP contribution in [0.1, 0.15) is 28.8 Å². The highest BCUT2D eigenvalue weighted by Gasteiger charge is 2.38. The number of carbonyl (C=O) groups is 2. The second kappa shape index (κ2) is 6.45. The quantitative estimate of drug-likeness (QED) is 0.805. The number of hydrogen-bond acceptors (Lipinski definition) is 5. The molecule has 0 aromatic heterocycles. The van der Waals surface area contributed by atoms with E-state index in [4.69, 9.17) is 5.11 Å².